The van der Waals surface area contributed by atoms with Crippen LogP contribution in [0, 0.1) is 25.6 Å². The zero-order valence-corrected chi connectivity index (χ0v) is 18.7. The van der Waals surface area contributed by atoms with Crippen molar-refractivity contribution in [1.82, 2.24) is 4.57 Å². The SMILES string of the molecule is Cc1c(C(=O)CC2CC2)c(-c2ccc(S(N)(=O)=O)c(F)c2)c(C)n1-c1ccc(Cl)cc1. The van der Waals surface area contributed by atoms with Crippen LogP contribution in [0.25, 0.3) is 16.8 Å². The zero-order chi connectivity index (χ0) is 22.5. The van der Waals surface area contributed by atoms with Gasteiger partial charge in [-0.15, -0.1) is 0 Å². The van der Waals surface area contributed by atoms with E-state index in [-0.39, 0.29) is 5.78 Å². The highest BCUT2D eigenvalue weighted by molar-refractivity contribution is 7.89. The van der Waals surface area contributed by atoms with Crippen molar-refractivity contribution in [3.05, 3.63) is 70.3 Å². The fourth-order valence-electron chi connectivity index (χ4n) is 4.08. The molecular weight excluding hydrogens is 439 g/mol. The van der Waals surface area contributed by atoms with Gasteiger partial charge in [0, 0.05) is 39.6 Å². The molecule has 1 aliphatic rings. The fraction of sp³-hybridized carbons (Fsp3) is 0.261. The van der Waals surface area contributed by atoms with Crippen LogP contribution < -0.4 is 5.14 Å². The number of aromatic nitrogens is 1. The second-order valence-electron chi connectivity index (χ2n) is 7.99. The number of halogens is 2. The lowest BCUT2D eigenvalue weighted by Gasteiger charge is -2.10. The van der Waals surface area contributed by atoms with Gasteiger partial charge >= 0.3 is 0 Å². The Hall–Kier alpha value is -2.48. The van der Waals surface area contributed by atoms with E-state index in [4.69, 9.17) is 16.7 Å². The average Bonchev–Trinajstić information content (AvgIpc) is 3.45. The molecule has 0 spiro atoms. The van der Waals surface area contributed by atoms with Gasteiger partial charge in [0.2, 0.25) is 10.0 Å². The van der Waals surface area contributed by atoms with Crippen molar-refractivity contribution in [2.45, 2.75) is 38.0 Å². The van der Waals surface area contributed by atoms with Crippen LogP contribution in [-0.4, -0.2) is 18.8 Å². The van der Waals surface area contributed by atoms with Crippen molar-refractivity contribution < 1.29 is 17.6 Å². The molecule has 0 bridgehead atoms. The minimum absolute atomic E-state index is 0.00162. The molecule has 162 valence electrons. The first-order valence-electron chi connectivity index (χ1n) is 9.91. The van der Waals surface area contributed by atoms with Crippen LogP contribution in [0.15, 0.2) is 47.4 Å². The van der Waals surface area contributed by atoms with E-state index in [1.54, 1.807) is 12.1 Å². The van der Waals surface area contributed by atoms with Gasteiger partial charge in [-0.3, -0.25) is 4.79 Å². The highest BCUT2D eigenvalue weighted by Gasteiger charge is 2.30. The smallest absolute Gasteiger partial charge is 0.240 e. The summed E-state index contributed by atoms with van der Waals surface area (Å²) >= 11 is 6.03. The highest BCUT2D eigenvalue weighted by Crippen LogP contribution is 2.39. The lowest BCUT2D eigenvalue weighted by atomic mass is 9.95. The number of ketones is 1. The Kier molecular flexibility index (Phi) is 5.54. The molecule has 2 aromatic carbocycles. The Morgan fingerprint density at radius 3 is 2.32 bits per heavy atom. The Morgan fingerprint density at radius 1 is 1.13 bits per heavy atom. The van der Waals surface area contributed by atoms with Gasteiger partial charge in [0.1, 0.15) is 10.7 Å². The number of nitrogens with zero attached hydrogens (tertiary/aromatic N) is 1. The maximum atomic E-state index is 14.6. The second kappa shape index (κ2) is 7.89. The molecule has 5 nitrogen and oxygen atoms in total. The van der Waals surface area contributed by atoms with Crippen LogP contribution in [0.3, 0.4) is 0 Å². The van der Waals surface area contributed by atoms with Crippen molar-refractivity contribution in [3.8, 4) is 16.8 Å². The second-order valence-corrected chi connectivity index (χ2v) is 9.96. The third-order valence-corrected chi connectivity index (χ3v) is 6.90. The van der Waals surface area contributed by atoms with Crippen molar-refractivity contribution in [2.24, 2.45) is 11.1 Å². The van der Waals surface area contributed by atoms with E-state index < -0.39 is 20.7 Å². The highest BCUT2D eigenvalue weighted by atomic mass is 35.5. The number of primary sulfonamides is 1. The summed E-state index contributed by atoms with van der Waals surface area (Å²) in [4.78, 5) is 12.7. The van der Waals surface area contributed by atoms with E-state index in [0.717, 1.165) is 42.0 Å². The summed E-state index contributed by atoms with van der Waals surface area (Å²) in [6, 6.07) is 11.0. The van der Waals surface area contributed by atoms with Crippen LogP contribution in [0.2, 0.25) is 5.02 Å². The molecule has 0 radical (unpaired) electrons. The van der Waals surface area contributed by atoms with Crippen molar-refractivity contribution in [1.29, 1.82) is 0 Å². The molecule has 4 rings (SSSR count). The number of sulfonamides is 1. The normalized spacial score (nSPS) is 14.1. The Morgan fingerprint density at radius 2 is 1.77 bits per heavy atom. The van der Waals surface area contributed by atoms with E-state index in [1.807, 2.05) is 30.5 Å². The van der Waals surface area contributed by atoms with Gasteiger partial charge in [0.05, 0.1) is 0 Å². The van der Waals surface area contributed by atoms with Gasteiger partial charge in [-0.2, -0.15) is 0 Å². The van der Waals surface area contributed by atoms with Gasteiger partial charge in [-0.25, -0.2) is 17.9 Å². The number of hydrogen-bond acceptors (Lipinski definition) is 3. The maximum Gasteiger partial charge on any atom is 0.240 e. The summed E-state index contributed by atoms with van der Waals surface area (Å²) in [5, 5.41) is 5.69. The molecule has 8 heteroatoms. The van der Waals surface area contributed by atoms with E-state index in [1.165, 1.54) is 6.07 Å². The van der Waals surface area contributed by atoms with Crippen molar-refractivity contribution in [3.63, 3.8) is 0 Å². The summed E-state index contributed by atoms with van der Waals surface area (Å²) in [6.07, 6.45) is 2.51. The van der Waals surface area contributed by atoms with Crippen LogP contribution in [0.4, 0.5) is 4.39 Å². The van der Waals surface area contributed by atoms with E-state index in [0.29, 0.717) is 34.1 Å². The molecule has 31 heavy (non-hydrogen) atoms. The minimum Gasteiger partial charge on any atom is -0.317 e. The number of carbonyl (C=O) groups is 1. The van der Waals surface area contributed by atoms with Crippen LogP contribution >= 0.6 is 11.6 Å². The van der Waals surface area contributed by atoms with Gasteiger partial charge in [-0.05, 0) is 74.6 Å². The molecule has 1 fully saturated rings. The predicted molar refractivity (Wildman–Crippen MR) is 119 cm³/mol. The van der Waals surface area contributed by atoms with Gasteiger partial charge < -0.3 is 4.57 Å². The molecule has 0 atom stereocenters. The van der Waals surface area contributed by atoms with Gasteiger partial charge in [0.15, 0.2) is 5.78 Å². The summed E-state index contributed by atoms with van der Waals surface area (Å²) in [6.45, 7) is 3.72. The van der Waals surface area contributed by atoms with Gasteiger partial charge in [0.25, 0.3) is 0 Å². The zero-order valence-electron chi connectivity index (χ0n) is 17.2. The van der Waals surface area contributed by atoms with Crippen molar-refractivity contribution >= 4 is 27.4 Å². The number of carbonyl (C=O) groups excluding carboxylic acids is 1. The van der Waals surface area contributed by atoms with Crippen LogP contribution in [0.1, 0.15) is 41.0 Å². The van der Waals surface area contributed by atoms with E-state index >= 15 is 0 Å². The van der Waals surface area contributed by atoms with Gasteiger partial charge in [-0.1, -0.05) is 17.7 Å². The van der Waals surface area contributed by atoms with Crippen LogP contribution in [-0.2, 0) is 10.0 Å². The number of benzene rings is 2. The van der Waals surface area contributed by atoms with E-state index in [9.17, 15) is 17.6 Å². The van der Waals surface area contributed by atoms with E-state index in [2.05, 4.69) is 0 Å². The predicted octanol–water partition coefficient (Wildman–Crippen LogP) is 5.18. The summed E-state index contributed by atoms with van der Waals surface area (Å²) in [7, 11) is -4.19. The number of hydrogen-bond donors (Lipinski definition) is 1. The molecule has 0 amide bonds. The largest absolute Gasteiger partial charge is 0.317 e. The average molecular weight is 461 g/mol. The summed E-state index contributed by atoms with van der Waals surface area (Å²) < 4.78 is 39.8. The molecule has 3 aromatic rings. The number of rotatable bonds is 6. The quantitative estimate of drug-likeness (QED) is 0.514. The first-order valence-corrected chi connectivity index (χ1v) is 11.8. The third kappa shape index (κ3) is 4.18. The minimum atomic E-state index is -4.19. The third-order valence-electron chi connectivity index (χ3n) is 5.71. The molecule has 0 aliphatic heterocycles. The number of Topliss-reactive ketones (excluding diaryl/α,β-unsaturated/α-hetero) is 1. The molecule has 1 heterocycles. The monoisotopic (exact) mass is 460 g/mol. The first kappa shape index (κ1) is 21.7. The summed E-state index contributed by atoms with van der Waals surface area (Å²) in [5.74, 6) is -0.556. The molecule has 0 unspecified atom stereocenters. The lowest BCUT2D eigenvalue weighted by molar-refractivity contribution is 0.0976. The lowest BCUT2D eigenvalue weighted by Crippen LogP contribution is -2.14. The molecule has 1 aliphatic carbocycles. The molecule has 2 N–H and O–H groups in total. The molecule has 0 saturated heterocycles. The molecule has 1 aromatic heterocycles. The Balaban J connectivity index is 1.94. The summed E-state index contributed by atoms with van der Waals surface area (Å²) in [5.41, 5.74) is 3.88. The Bertz CT molecular complexity index is 1290. The molecular formula is C23H22ClFN2O3S. The first-order chi connectivity index (χ1) is 14.6. The van der Waals surface area contributed by atoms with Crippen LogP contribution in [0.5, 0.6) is 0 Å². The molecule has 1 saturated carbocycles. The fourth-order valence-corrected chi connectivity index (χ4v) is 4.80. The maximum absolute atomic E-state index is 14.6. The van der Waals surface area contributed by atoms with Crippen molar-refractivity contribution in [2.75, 3.05) is 0 Å². The standard InChI is InChI=1S/C23H22ClFN2O3S/c1-13-22(16-5-10-21(19(25)12-16)31(26,29)30)23(20(28)11-15-3-4-15)14(2)27(13)18-8-6-17(24)7-9-18/h5-10,12,15H,3-4,11H2,1-2H3,(H2,26,29,30). The number of nitrogens with two attached hydrogens (primary N) is 1. The Labute approximate surface area is 185 Å². The topological polar surface area (TPSA) is 82.2 Å².